The molecular weight excluding hydrogens is 314 g/mol. The number of carbonyl (C=O) groups excluding carboxylic acids is 1. The second kappa shape index (κ2) is 7.92. The Labute approximate surface area is 148 Å². The van der Waals surface area contributed by atoms with Gasteiger partial charge in [-0.3, -0.25) is 9.78 Å². The number of carbonyl (C=O) groups is 1. The predicted octanol–water partition coefficient (Wildman–Crippen LogP) is 2.96. The summed E-state index contributed by atoms with van der Waals surface area (Å²) in [6.45, 7) is 4.72. The highest BCUT2D eigenvalue weighted by Gasteiger charge is 2.37. The number of nitrogens with one attached hydrogen (secondary N) is 1. The summed E-state index contributed by atoms with van der Waals surface area (Å²) in [7, 11) is 0. The zero-order chi connectivity index (χ0) is 17.6. The van der Waals surface area contributed by atoms with Crippen molar-refractivity contribution >= 4 is 11.8 Å². The standard InChI is InChI=1S/C20H23N3O2/c1-14(2)12-17-18(19(24)22-13-15-8-4-3-5-9-15)25-20(23-17)16-10-6-7-11-21-16/h3-11,14,17-18H,12-13H2,1-2H3,(H,22,24)/t17-,18?/m0/s1. The maximum Gasteiger partial charge on any atom is 0.263 e. The minimum absolute atomic E-state index is 0.135. The van der Waals surface area contributed by atoms with Gasteiger partial charge in [-0.25, -0.2) is 4.99 Å². The molecule has 2 atom stereocenters. The van der Waals surface area contributed by atoms with Crippen LogP contribution in [0.25, 0.3) is 0 Å². The first-order chi connectivity index (χ1) is 12.1. The summed E-state index contributed by atoms with van der Waals surface area (Å²) in [6, 6.07) is 15.2. The van der Waals surface area contributed by atoms with Crippen molar-refractivity contribution in [3.63, 3.8) is 0 Å². The van der Waals surface area contributed by atoms with Gasteiger partial charge in [-0.2, -0.15) is 0 Å². The fraction of sp³-hybridized carbons (Fsp3) is 0.350. The topological polar surface area (TPSA) is 63.6 Å². The number of benzene rings is 1. The number of rotatable bonds is 6. The van der Waals surface area contributed by atoms with Gasteiger partial charge in [0, 0.05) is 12.7 Å². The average molecular weight is 337 g/mol. The number of hydrogen-bond donors (Lipinski definition) is 1. The molecule has 1 aliphatic heterocycles. The smallest absolute Gasteiger partial charge is 0.263 e. The molecule has 3 rings (SSSR count). The number of aromatic nitrogens is 1. The van der Waals surface area contributed by atoms with Crippen LogP contribution >= 0.6 is 0 Å². The van der Waals surface area contributed by atoms with Crippen molar-refractivity contribution in [2.45, 2.75) is 39.0 Å². The molecule has 1 N–H and O–H groups in total. The molecule has 0 bridgehead atoms. The number of pyridine rings is 1. The lowest BCUT2D eigenvalue weighted by Gasteiger charge is -2.18. The van der Waals surface area contributed by atoms with Crippen LogP contribution in [0.3, 0.4) is 0 Å². The molecule has 5 heteroatoms. The van der Waals surface area contributed by atoms with E-state index >= 15 is 0 Å². The molecule has 5 nitrogen and oxygen atoms in total. The fourth-order valence-electron chi connectivity index (χ4n) is 2.84. The Morgan fingerprint density at radius 1 is 1.16 bits per heavy atom. The van der Waals surface area contributed by atoms with Crippen LogP contribution < -0.4 is 5.32 Å². The second-order valence-electron chi connectivity index (χ2n) is 6.59. The Hall–Kier alpha value is -2.69. The zero-order valence-electron chi connectivity index (χ0n) is 14.6. The third-order valence-corrected chi connectivity index (χ3v) is 4.04. The minimum atomic E-state index is -0.608. The van der Waals surface area contributed by atoms with Crippen LogP contribution in [0.5, 0.6) is 0 Å². The molecule has 130 valence electrons. The monoisotopic (exact) mass is 337 g/mol. The molecule has 1 unspecified atom stereocenters. The van der Waals surface area contributed by atoms with Gasteiger partial charge in [-0.05, 0) is 30.0 Å². The summed E-state index contributed by atoms with van der Waals surface area (Å²) in [5.41, 5.74) is 1.72. The minimum Gasteiger partial charge on any atom is -0.461 e. The van der Waals surface area contributed by atoms with Crippen molar-refractivity contribution in [2.24, 2.45) is 10.9 Å². The Morgan fingerprint density at radius 2 is 1.92 bits per heavy atom. The van der Waals surface area contributed by atoms with Gasteiger partial charge in [0.1, 0.15) is 11.7 Å². The van der Waals surface area contributed by atoms with E-state index in [2.05, 4.69) is 29.1 Å². The Balaban J connectivity index is 1.69. The summed E-state index contributed by atoms with van der Waals surface area (Å²) in [6.07, 6.45) is 1.88. The molecule has 0 saturated carbocycles. The van der Waals surface area contributed by atoms with Crippen molar-refractivity contribution in [1.29, 1.82) is 0 Å². The largest absolute Gasteiger partial charge is 0.461 e. The van der Waals surface area contributed by atoms with Gasteiger partial charge in [0.05, 0.1) is 0 Å². The van der Waals surface area contributed by atoms with Crippen LogP contribution in [-0.2, 0) is 16.1 Å². The molecular formula is C20H23N3O2. The molecule has 0 saturated heterocycles. The summed E-state index contributed by atoms with van der Waals surface area (Å²) >= 11 is 0. The lowest BCUT2D eigenvalue weighted by molar-refractivity contribution is -0.128. The van der Waals surface area contributed by atoms with Crippen LogP contribution in [0.1, 0.15) is 31.5 Å². The van der Waals surface area contributed by atoms with Gasteiger partial charge in [0.15, 0.2) is 0 Å². The predicted molar refractivity (Wildman–Crippen MR) is 97.2 cm³/mol. The van der Waals surface area contributed by atoms with Crippen molar-refractivity contribution in [3.05, 3.63) is 66.0 Å². The van der Waals surface area contributed by atoms with Crippen LogP contribution in [0.2, 0.25) is 0 Å². The van der Waals surface area contributed by atoms with Gasteiger partial charge >= 0.3 is 0 Å². The molecule has 1 aliphatic rings. The summed E-state index contributed by atoms with van der Waals surface area (Å²) in [5.74, 6) is 0.736. The third-order valence-electron chi connectivity index (χ3n) is 4.04. The number of amides is 1. The van der Waals surface area contributed by atoms with E-state index in [1.54, 1.807) is 6.20 Å². The van der Waals surface area contributed by atoms with Crippen LogP contribution in [0, 0.1) is 5.92 Å². The number of aliphatic imine (C=N–C) groups is 1. The highest BCUT2D eigenvalue weighted by atomic mass is 16.5. The molecule has 0 radical (unpaired) electrons. The van der Waals surface area contributed by atoms with E-state index in [0.29, 0.717) is 24.1 Å². The Morgan fingerprint density at radius 3 is 2.60 bits per heavy atom. The third kappa shape index (κ3) is 4.44. The summed E-state index contributed by atoms with van der Waals surface area (Å²) in [5, 5.41) is 2.96. The highest BCUT2D eigenvalue weighted by molar-refractivity contribution is 5.97. The van der Waals surface area contributed by atoms with Gasteiger partial charge in [0.2, 0.25) is 12.0 Å². The van der Waals surface area contributed by atoms with E-state index in [4.69, 9.17) is 4.74 Å². The van der Waals surface area contributed by atoms with E-state index in [1.165, 1.54) is 0 Å². The second-order valence-corrected chi connectivity index (χ2v) is 6.59. The maximum absolute atomic E-state index is 12.7. The van der Waals surface area contributed by atoms with Crippen molar-refractivity contribution in [2.75, 3.05) is 0 Å². The van der Waals surface area contributed by atoms with Crippen LogP contribution in [-0.4, -0.2) is 28.9 Å². The molecule has 1 amide bonds. The molecule has 25 heavy (non-hydrogen) atoms. The first-order valence-electron chi connectivity index (χ1n) is 8.61. The van der Waals surface area contributed by atoms with Crippen LogP contribution in [0.15, 0.2) is 59.7 Å². The van der Waals surface area contributed by atoms with E-state index in [1.807, 2.05) is 48.5 Å². The van der Waals surface area contributed by atoms with Gasteiger partial charge in [0.25, 0.3) is 5.91 Å². The lowest BCUT2D eigenvalue weighted by atomic mass is 9.99. The number of hydrogen-bond acceptors (Lipinski definition) is 4. The van der Waals surface area contributed by atoms with Crippen LogP contribution in [0.4, 0.5) is 0 Å². The number of ether oxygens (including phenoxy) is 1. The van der Waals surface area contributed by atoms with Crippen molar-refractivity contribution < 1.29 is 9.53 Å². The van der Waals surface area contributed by atoms with E-state index < -0.39 is 6.10 Å². The SMILES string of the molecule is CC(C)C[C@@H]1N=C(c2ccccn2)OC1C(=O)NCc1ccccc1. The quantitative estimate of drug-likeness (QED) is 0.881. The molecule has 2 aromatic rings. The molecule has 2 heterocycles. The highest BCUT2D eigenvalue weighted by Crippen LogP contribution is 2.23. The van der Waals surface area contributed by atoms with E-state index in [0.717, 1.165) is 12.0 Å². The van der Waals surface area contributed by atoms with Crippen molar-refractivity contribution in [3.8, 4) is 0 Å². The van der Waals surface area contributed by atoms with E-state index in [-0.39, 0.29) is 11.9 Å². The first-order valence-corrected chi connectivity index (χ1v) is 8.61. The maximum atomic E-state index is 12.7. The molecule has 1 aromatic heterocycles. The normalized spacial score (nSPS) is 19.4. The number of nitrogens with zero attached hydrogens (tertiary/aromatic N) is 2. The summed E-state index contributed by atoms with van der Waals surface area (Å²) < 4.78 is 5.89. The first kappa shape index (κ1) is 17.1. The van der Waals surface area contributed by atoms with Gasteiger partial charge in [-0.1, -0.05) is 50.2 Å². The lowest BCUT2D eigenvalue weighted by Crippen LogP contribution is -2.41. The fourth-order valence-corrected chi connectivity index (χ4v) is 2.84. The Bertz CT molecular complexity index is 729. The van der Waals surface area contributed by atoms with Crippen molar-refractivity contribution in [1.82, 2.24) is 10.3 Å². The van der Waals surface area contributed by atoms with Gasteiger partial charge in [-0.15, -0.1) is 0 Å². The molecule has 0 spiro atoms. The molecule has 0 aliphatic carbocycles. The Kier molecular flexibility index (Phi) is 5.43. The average Bonchev–Trinajstić information content (AvgIpc) is 3.04. The molecule has 0 fully saturated rings. The molecule has 1 aromatic carbocycles. The van der Waals surface area contributed by atoms with E-state index in [9.17, 15) is 4.79 Å². The van der Waals surface area contributed by atoms with Gasteiger partial charge < -0.3 is 10.1 Å². The zero-order valence-corrected chi connectivity index (χ0v) is 14.6. The summed E-state index contributed by atoms with van der Waals surface area (Å²) in [4.78, 5) is 21.6.